The van der Waals surface area contributed by atoms with Gasteiger partial charge in [-0.3, -0.25) is 4.90 Å². The summed E-state index contributed by atoms with van der Waals surface area (Å²) < 4.78 is 10.9. The zero-order valence-electron chi connectivity index (χ0n) is 15.1. The van der Waals surface area contributed by atoms with Crippen molar-refractivity contribution in [3.63, 3.8) is 0 Å². The number of rotatable bonds is 7. The molecule has 2 rings (SSSR count). The Hall–Kier alpha value is -1.27. The summed E-state index contributed by atoms with van der Waals surface area (Å²) in [5.74, 6) is 0.935. The van der Waals surface area contributed by atoms with Crippen molar-refractivity contribution in [2.24, 2.45) is 0 Å². The molecule has 1 N–H and O–H groups in total. The van der Waals surface area contributed by atoms with E-state index >= 15 is 0 Å². The summed E-state index contributed by atoms with van der Waals surface area (Å²) in [6.45, 7) is 10.2. The number of amides is 1. The third kappa shape index (κ3) is 7.53. The lowest BCUT2D eigenvalue weighted by Gasteiger charge is -2.25. The molecule has 1 aromatic rings. The molecule has 6 heteroatoms. The highest BCUT2D eigenvalue weighted by molar-refractivity contribution is 7.10. The van der Waals surface area contributed by atoms with E-state index in [-0.39, 0.29) is 6.09 Å². The molecular formula is C18H30N2O3S. The Bertz CT molecular complexity index is 505. The van der Waals surface area contributed by atoms with Crippen LogP contribution in [0.2, 0.25) is 0 Å². The van der Waals surface area contributed by atoms with Crippen LogP contribution in [0.15, 0.2) is 11.4 Å². The van der Waals surface area contributed by atoms with Crippen molar-refractivity contribution in [1.29, 1.82) is 0 Å². The van der Waals surface area contributed by atoms with Gasteiger partial charge in [0.25, 0.3) is 0 Å². The molecule has 0 saturated carbocycles. The number of carbonyl (C=O) groups is 1. The normalized spacial score (nSPS) is 16.0. The highest BCUT2D eigenvalue weighted by Crippen LogP contribution is 2.24. The molecule has 0 atom stereocenters. The van der Waals surface area contributed by atoms with Gasteiger partial charge in [-0.05, 0) is 59.2 Å². The molecule has 0 unspecified atom stereocenters. The van der Waals surface area contributed by atoms with Gasteiger partial charge in [-0.25, -0.2) is 4.79 Å². The molecule has 0 spiro atoms. The number of ether oxygens (including phenoxy) is 2. The number of alkyl carbamates (subject to hydrolysis) is 1. The third-order valence-corrected chi connectivity index (χ3v) is 4.62. The van der Waals surface area contributed by atoms with Gasteiger partial charge in [0.1, 0.15) is 11.4 Å². The average molecular weight is 355 g/mol. The molecule has 2 heterocycles. The maximum absolute atomic E-state index is 11.5. The highest BCUT2D eigenvalue weighted by atomic mass is 32.1. The second-order valence-corrected chi connectivity index (χ2v) is 8.21. The molecular weight excluding hydrogens is 324 g/mol. The van der Waals surface area contributed by atoms with Gasteiger partial charge >= 0.3 is 6.09 Å². The molecule has 1 fully saturated rings. The Morgan fingerprint density at radius 2 is 2.04 bits per heavy atom. The standard InChI is InChI=1S/C18H30N2O3S/c1-18(2,3)23-17(21)19-8-7-11-22-15-12-16(24-14-15)13-20-9-5-4-6-10-20/h12,14H,4-11,13H2,1-3H3,(H,19,21). The van der Waals surface area contributed by atoms with Gasteiger partial charge in [0, 0.05) is 23.3 Å². The summed E-state index contributed by atoms with van der Waals surface area (Å²) in [6, 6.07) is 2.14. The van der Waals surface area contributed by atoms with Crippen LogP contribution in [0.1, 0.15) is 51.3 Å². The Kier molecular flexibility index (Phi) is 7.37. The van der Waals surface area contributed by atoms with Crippen LogP contribution in [-0.4, -0.2) is 42.8 Å². The number of likely N-dealkylation sites (tertiary alicyclic amines) is 1. The largest absolute Gasteiger partial charge is 0.493 e. The molecule has 5 nitrogen and oxygen atoms in total. The van der Waals surface area contributed by atoms with E-state index < -0.39 is 5.60 Å². The summed E-state index contributed by atoms with van der Waals surface area (Å²) >= 11 is 1.76. The quantitative estimate of drug-likeness (QED) is 0.751. The molecule has 1 aliphatic heterocycles. The van der Waals surface area contributed by atoms with Crippen LogP contribution in [0.25, 0.3) is 0 Å². The number of hydrogen-bond acceptors (Lipinski definition) is 5. The minimum Gasteiger partial charge on any atom is -0.493 e. The molecule has 1 saturated heterocycles. The fourth-order valence-corrected chi connectivity index (χ4v) is 3.47. The van der Waals surface area contributed by atoms with E-state index in [4.69, 9.17) is 9.47 Å². The summed E-state index contributed by atoms with van der Waals surface area (Å²) in [6.07, 6.45) is 4.39. The zero-order chi connectivity index (χ0) is 17.4. The highest BCUT2D eigenvalue weighted by Gasteiger charge is 2.15. The van der Waals surface area contributed by atoms with E-state index in [9.17, 15) is 4.79 Å². The molecule has 24 heavy (non-hydrogen) atoms. The Balaban J connectivity index is 1.58. The van der Waals surface area contributed by atoms with Crippen molar-refractivity contribution in [1.82, 2.24) is 10.2 Å². The second-order valence-electron chi connectivity index (χ2n) is 7.22. The van der Waals surface area contributed by atoms with Gasteiger partial charge in [0.2, 0.25) is 0 Å². The van der Waals surface area contributed by atoms with E-state index in [1.54, 1.807) is 11.3 Å². The van der Waals surface area contributed by atoms with Crippen molar-refractivity contribution >= 4 is 17.4 Å². The van der Waals surface area contributed by atoms with E-state index in [1.807, 2.05) is 20.8 Å². The number of nitrogens with zero attached hydrogens (tertiary/aromatic N) is 1. The number of thiophene rings is 1. The first kappa shape index (κ1) is 19.1. The molecule has 1 aliphatic rings. The van der Waals surface area contributed by atoms with Crippen molar-refractivity contribution in [2.45, 2.75) is 58.6 Å². The summed E-state index contributed by atoms with van der Waals surface area (Å²) in [7, 11) is 0. The molecule has 0 aromatic carbocycles. The summed E-state index contributed by atoms with van der Waals surface area (Å²) in [4.78, 5) is 15.4. The predicted molar refractivity (Wildman–Crippen MR) is 97.8 cm³/mol. The molecule has 0 aliphatic carbocycles. The van der Waals surface area contributed by atoms with Gasteiger partial charge < -0.3 is 14.8 Å². The molecule has 1 amide bonds. The zero-order valence-corrected chi connectivity index (χ0v) is 15.9. The van der Waals surface area contributed by atoms with Gasteiger partial charge in [-0.1, -0.05) is 6.42 Å². The number of nitrogens with one attached hydrogen (secondary N) is 1. The first-order valence-corrected chi connectivity index (χ1v) is 9.70. The van der Waals surface area contributed by atoms with Crippen molar-refractivity contribution < 1.29 is 14.3 Å². The average Bonchev–Trinajstić information content (AvgIpc) is 2.93. The van der Waals surface area contributed by atoms with Crippen LogP contribution in [0.4, 0.5) is 4.79 Å². The molecule has 0 bridgehead atoms. The summed E-state index contributed by atoms with van der Waals surface area (Å²) in [5, 5.41) is 4.81. The maximum Gasteiger partial charge on any atom is 0.407 e. The van der Waals surface area contributed by atoms with Gasteiger partial charge in [0.15, 0.2) is 0 Å². The minimum absolute atomic E-state index is 0.373. The Morgan fingerprint density at radius 3 is 2.75 bits per heavy atom. The van der Waals surface area contributed by atoms with Crippen molar-refractivity contribution in [2.75, 3.05) is 26.2 Å². The fraction of sp³-hybridized carbons (Fsp3) is 0.722. The summed E-state index contributed by atoms with van der Waals surface area (Å²) in [5.41, 5.74) is -0.456. The minimum atomic E-state index is -0.456. The molecule has 1 aromatic heterocycles. The lowest BCUT2D eigenvalue weighted by molar-refractivity contribution is 0.0525. The Labute approximate surface area is 149 Å². The van der Waals surface area contributed by atoms with Crippen LogP contribution in [0, 0.1) is 0 Å². The van der Waals surface area contributed by atoms with Crippen LogP contribution in [0.5, 0.6) is 5.75 Å². The van der Waals surface area contributed by atoms with Gasteiger partial charge in [0.05, 0.1) is 6.61 Å². The number of piperidine rings is 1. The molecule has 136 valence electrons. The first-order valence-electron chi connectivity index (χ1n) is 8.82. The van der Waals surface area contributed by atoms with Crippen molar-refractivity contribution in [3.8, 4) is 5.75 Å². The smallest absolute Gasteiger partial charge is 0.407 e. The maximum atomic E-state index is 11.5. The molecule has 0 radical (unpaired) electrons. The van der Waals surface area contributed by atoms with Gasteiger partial charge in [-0.15, -0.1) is 11.3 Å². The lowest BCUT2D eigenvalue weighted by Crippen LogP contribution is -2.33. The fourth-order valence-electron chi connectivity index (χ4n) is 2.62. The van der Waals surface area contributed by atoms with E-state index in [1.165, 1.54) is 37.2 Å². The Morgan fingerprint density at radius 1 is 1.29 bits per heavy atom. The number of hydrogen-bond donors (Lipinski definition) is 1. The van der Waals surface area contributed by atoms with Crippen LogP contribution in [-0.2, 0) is 11.3 Å². The second kappa shape index (κ2) is 9.28. The monoisotopic (exact) mass is 354 g/mol. The van der Waals surface area contributed by atoms with Crippen molar-refractivity contribution in [3.05, 3.63) is 16.3 Å². The van der Waals surface area contributed by atoms with E-state index in [0.29, 0.717) is 13.2 Å². The van der Waals surface area contributed by atoms with Gasteiger partial charge in [-0.2, -0.15) is 0 Å². The van der Waals surface area contributed by atoms with Crippen LogP contribution < -0.4 is 10.1 Å². The first-order chi connectivity index (χ1) is 11.4. The van der Waals surface area contributed by atoms with E-state index in [2.05, 4.69) is 21.7 Å². The topological polar surface area (TPSA) is 50.8 Å². The van der Waals surface area contributed by atoms with Crippen LogP contribution in [0.3, 0.4) is 0 Å². The van der Waals surface area contributed by atoms with E-state index in [0.717, 1.165) is 18.7 Å². The van der Waals surface area contributed by atoms with Crippen LogP contribution >= 0.6 is 11.3 Å². The lowest BCUT2D eigenvalue weighted by atomic mass is 10.1. The SMILES string of the molecule is CC(C)(C)OC(=O)NCCCOc1csc(CN2CCCCC2)c1. The third-order valence-electron chi connectivity index (χ3n) is 3.72. The predicted octanol–water partition coefficient (Wildman–Crippen LogP) is 4.03. The number of carbonyl (C=O) groups excluding carboxylic acids is 1.